The van der Waals surface area contributed by atoms with E-state index in [0.29, 0.717) is 30.1 Å². The van der Waals surface area contributed by atoms with Gasteiger partial charge in [-0.25, -0.2) is 4.39 Å². The average molecular weight is 494 g/mol. The van der Waals surface area contributed by atoms with E-state index in [-0.39, 0.29) is 24.3 Å². The summed E-state index contributed by atoms with van der Waals surface area (Å²) in [6.45, 7) is 4.19. The van der Waals surface area contributed by atoms with Crippen molar-refractivity contribution < 1.29 is 28.5 Å². The van der Waals surface area contributed by atoms with Crippen LogP contribution >= 0.6 is 15.9 Å². The third-order valence-corrected chi connectivity index (χ3v) is 6.38. The third kappa shape index (κ3) is 5.19. The Morgan fingerprint density at radius 2 is 2.06 bits per heavy atom. The van der Waals surface area contributed by atoms with Gasteiger partial charge in [0.05, 0.1) is 26.2 Å². The molecule has 2 aliphatic heterocycles. The number of aliphatic carboxylic acids is 1. The summed E-state index contributed by atoms with van der Waals surface area (Å²) in [4.78, 5) is 10.9. The van der Waals surface area contributed by atoms with Crippen LogP contribution in [0.3, 0.4) is 0 Å². The van der Waals surface area contributed by atoms with Gasteiger partial charge < -0.3 is 24.6 Å². The van der Waals surface area contributed by atoms with Crippen molar-refractivity contribution in [2.24, 2.45) is 0 Å². The molecule has 0 amide bonds. The zero-order valence-electron chi connectivity index (χ0n) is 17.0. The molecule has 2 N–H and O–H groups in total. The smallest absolute Gasteiger partial charge is 0.304 e. The lowest BCUT2D eigenvalue weighted by molar-refractivity contribution is -0.137. The zero-order chi connectivity index (χ0) is 21.8. The topological polar surface area (TPSA) is 77.0 Å². The molecule has 0 bridgehead atoms. The highest BCUT2D eigenvalue weighted by atomic mass is 79.9. The Bertz CT molecular complexity index is 938. The number of fused-ring (bicyclic) bond motifs is 2. The van der Waals surface area contributed by atoms with Gasteiger partial charge in [-0.1, -0.05) is 22.0 Å². The number of nitrogens with one attached hydrogen (secondary N) is 1. The maximum Gasteiger partial charge on any atom is 0.304 e. The van der Waals surface area contributed by atoms with Gasteiger partial charge in [-0.05, 0) is 36.6 Å². The highest BCUT2D eigenvalue weighted by molar-refractivity contribution is 9.10. The molecule has 2 aromatic carbocycles. The number of carbonyl (C=O) groups is 1. The number of halogens is 2. The lowest BCUT2D eigenvalue weighted by atomic mass is 9.98. The minimum atomic E-state index is -0.842. The number of hydrogen-bond donors (Lipinski definition) is 2. The van der Waals surface area contributed by atoms with Crippen LogP contribution in [0, 0.1) is 5.82 Å². The molecule has 6 nitrogen and oxygen atoms in total. The molecular formula is C23H25BrFNO5. The molecular weight excluding hydrogens is 469 g/mol. The predicted molar refractivity (Wildman–Crippen MR) is 116 cm³/mol. The SMILES string of the molecule is C1COCCN1.O=C(O)CC1COc2cc(OC3CCc4c(Br)ccc(F)c43)ccc21. The van der Waals surface area contributed by atoms with Crippen LogP contribution in [0.5, 0.6) is 11.5 Å². The molecule has 0 spiro atoms. The fourth-order valence-corrected chi connectivity index (χ4v) is 4.68. The van der Waals surface area contributed by atoms with Crippen molar-refractivity contribution in [3.05, 3.63) is 57.3 Å². The molecule has 2 heterocycles. The van der Waals surface area contributed by atoms with Crippen molar-refractivity contribution in [3.63, 3.8) is 0 Å². The monoisotopic (exact) mass is 493 g/mol. The van der Waals surface area contributed by atoms with E-state index in [2.05, 4.69) is 21.2 Å². The number of benzene rings is 2. The number of carboxylic acids is 1. The van der Waals surface area contributed by atoms with Crippen molar-refractivity contribution in [2.75, 3.05) is 32.9 Å². The van der Waals surface area contributed by atoms with Gasteiger partial charge in [0.2, 0.25) is 0 Å². The predicted octanol–water partition coefficient (Wildman–Crippen LogP) is 4.21. The molecule has 2 unspecified atom stereocenters. The standard InChI is InChI=1S/C19H16BrFO4.C4H9NO/c20-14-4-5-15(21)19-13(14)3-6-16(19)25-11-1-2-12-10(7-18(22)23)9-24-17(12)8-11;1-3-6-4-2-5-1/h1-2,4-5,8,10,16H,3,6-7,9H2,(H,22,23);5H,1-4H2. The van der Waals surface area contributed by atoms with Gasteiger partial charge in [0, 0.05) is 40.7 Å². The summed E-state index contributed by atoms with van der Waals surface area (Å²) < 4.78 is 31.8. The van der Waals surface area contributed by atoms with E-state index < -0.39 is 5.97 Å². The lowest BCUT2D eigenvalue weighted by Crippen LogP contribution is -2.30. The van der Waals surface area contributed by atoms with Crippen molar-refractivity contribution in [1.82, 2.24) is 5.32 Å². The largest absolute Gasteiger partial charge is 0.492 e. The number of carboxylic acid groups (broad SMARTS) is 1. The van der Waals surface area contributed by atoms with Gasteiger partial charge >= 0.3 is 5.97 Å². The van der Waals surface area contributed by atoms with Crippen molar-refractivity contribution in [2.45, 2.75) is 31.3 Å². The quantitative estimate of drug-likeness (QED) is 0.664. The Hall–Kier alpha value is -2.16. The van der Waals surface area contributed by atoms with Crippen molar-refractivity contribution in [3.8, 4) is 11.5 Å². The van der Waals surface area contributed by atoms with E-state index in [9.17, 15) is 9.18 Å². The maximum absolute atomic E-state index is 14.2. The van der Waals surface area contributed by atoms with Crippen LogP contribution < -0.4 is 14.8 Å². The first-order valence-electron chi connectivity index (χ1n) is 10.4. The molecule has 1 aliphatic carbocycles. The van der Waals surface area contributed by atoms with Gasteiger partial charge in [-0.15, -0.1) is 0 Å². The second kappa shape index (κ2) is 9.97. The minimum absolute atomic E-state index is 0.0441. The Morgan fingerprint density at radius 1 is 1.26 bits per heavy atom. The van der Waals surface area contributed by atoms with Crippen LogP contribution in [-0.2, 0) is 16.0 Å². The van der Waals surface area contributed by atoms with E-state index in [0.717, 1.165) is 48.3 Å². The van der Waals surface area contributed by atoms with Crippen LogP contribution in [0.1, 0.15) is 41.6 Å². The summed E-state index contributed by atoms with van der Waals surface area (Å²) in [5, 5.41) is 12.1. The first-order chi connectivity index (χ1) is 15.0. The number of morpholine rings is 1. The number of hydrogen-bond acceptors (Lipinski definition) is 5. The fraction of sp³-hybridized carbons (Fsp3) is 0.435. The Balaban J connectivity index is 0.000000334. The highest BCUT2D eigenvalue weighted by Crippen LogP contribution is 2.42. The maximum atomic E-state index is 14.2. The molecule has 2 aromatic rings. The minimum Gasteiger partial charge on any atom is -0.492 e. The summed E-state index contributed by atoms with van der Waals surface area (Å²) in [5.41, 5.74) is 2.46. The highest BCUT2D eigenvalue weighted by Gasteiger charge is 2.31. The van der Waals surface area contributed by atoms with Crippen molar-refractivity contribution >= 4 is 21.9 Å². The van der Waals surface area contributed by atoms with E-state index in [4.69, 9.17) is 19.3 Å². The molecule has 31 heavy (non-hydrogen) atoms. The second-order valence-corrected chi connectivity index (χ2v) is 8.59. The average Bonchev–Trinajstić information content (AvgIpc) is 3.37. The van der Waals surface area contributed by atoms with Crippen LogP contribution in [0.4, 0.5) is 4.39 Å². The van der Waals surface area contributed by atoms with E-state index in [1.165, 1.54) is 6.07 Å². The first-order valence-corrected chi connectivity index (χ1v) is 11.2. The zero-order valence-corrected chi connectivity index (χ0v) is 18.6. The Labute approximate surface area is 188 Å². The van der Waals surface area contributed by atoms with E-state index in [1.54, 1.807) is 18.2 Å². The first kappa shape index (κ1) is 22.0. The number of rotatable bonds is 4. The summed E-state index contributed by atoms with van der Waals surface area (Å²) >= 11 is 3.47. The normalized spacial score (nSPS) is 21.4. The van der Waals surface area contributed by atoms with E-state index in [1.807, 2.05) is 6.07 Å². The molecule has 8 heteroatoms. The van der Waals surface area contributed by atoms with Gasteiger partial charge in [0.1, 0.15) is 23.4 Å². The second-order valence-electron chi connectivity index (χ2n) is 7.73. The summed E-state index contributed by atoms with van der Waals surface area (Å²) in [6, 6.07) is 8.59. The molecule has 3 aliphatic rings. The molecule has 5 rings (SSSR count). The third-order valence-electron chi connectivity index (χ3n) is 5.64. The summed E-state index contributed by atoms with van der Waals surface area (Å²) in [7, 11) is 0. The Morgan fingerprint density at radius 3 is 2.74 bits per heavy atom. The molecule has 1 fully saturated rings. The molecule has 0 radical (unpaired) electrons. The summed E-state index contributed by atoms with van der Waals surface area (Å²) in [5.74, 6) is 0.0239. The fourth-order valence-electron chi connectivity index (χ4n) is 4.14. The number of ether oxygens (including phenoxy) is 3. The van der Waals surface area contributed by atoms with Crippen LogP contribution in [-0.4, -0.2) is 44.0 Å². The molecule has 1 saturated heterocycles. The van der Waals surface area contributed by atoms with Gasteiger partial charge in [-0.3, -0.25) is 4.79 Å². The Kier molecular flexibility index (Phi) is 7.09. The molecule has 0 aromatic heterocycles. The molecule has 0 saturated carbocycles. The van der Waals surface area contributed by atoms with E-state index >= 15 is 0 Å². The van der Waals surface area contributed by atoms with Crippen LogP contribution in [0.25, 0.3) is 0 Å². The molecule has 166 valence electrons. The van der Waals surface area contributed by atoms with Gasteiger partial charge in [-0.2, -0.15) is 0 Å². The molecule has 2 atom stereocenters. The summed E-state index contributed by atoms with van der Waals surface area (Å²) in [6.07, 6.45) is 1.19. The lowest BCUT2D eigenvalue weighted by Gasteiger charge is -2.16. The van der Waals surface area contributed by atoms with Crippen LogP contribution in [0.15, 0.2) is 34.8 Å². The van der Waals surface area contributed by atoms with Gasteiger partial charge in [0.25, 0.3) is 0 Å². The van der Waals surface area contributed by atoms with Crippen LogP contribution in [0.2, 0.25) is 0 Å². The van der Waals surface area contributed by atoms with Gasteiger partial charge in [0.15, 0.2) is 0 Å². The van der Waals surface area contributed by atoms with Crippen molar-refractivity contribution in [1.29, 1.82) is 0 Å².